The fraction of sp³-hybridized carbons (Fsp3) is 0. The molecule has 5 nitrogen and oxygen atoms in total. The topological polar surface area (TPSA) is 72.2 Å². The van der Waals surface area contributed by atoms with Gasteiger partial charge in [0.2, 0.25) is 0 Å². The molecule has 0 aliphatic rings. The molecule has 0 aliphatic carbocycles. The van der Waals surface area contributed by atoms with E-state index in [9.17, 15) is 14.9 Å². The van der Waals surface area contributed by atoms with E-state index in [4.69, 9.17) is 23.2 Å². The van der Waals surface area contributed by atoms with Crippen LogP contribution in [0.2, 0.25) is 10.0 Å². The van der Waals surface area contributed by atoms with Crippen LogP contribution in [0.1, 0.15) is 10.4 Å². The summed E-state index contributed by atoms with van der Waals surface area (Å²) < 4.78 is 0.529. The minimum Gasteiger partial charge on any atom is -0.316 e. The van der Waals surface area contributed by atoms with Crippen LogP contribution in [0.25, 0.3) is 0 Å². The summed E-state index contributed by atoms with van der Waals surface area (Å²) in [6, 6.07) is 8.70. The minimum absolute atomic E-state index is 0.0567. The van der Waals surface area contributed by atoms with Gasteiger partial charge in [-0.2, -0.15) is 0 Å². The minimum atomic E-state index is -0.617. The first kappa shape index (κ1) is 15.8. The molecule has 0 unspecified atom stereocenters. The molecule has 108 valence electrons. The Labute approximate surface area is 138 Å². The van der Waals surface area contributed by atoms with Crippen molar-refractivity contribution in [3.05, 3.63) is 66.6 Å². The standard InChI is InChI=1S/C13H7BrCl2N2O3/c14-10-3-1-7(15)5-9(10)13(19)17-11-4-2-8(16)6-12(11)18(20)21/h1-6H,(H,17,19). The van der Waals surface area contributed by atoms with Crippen LogP contribution in [0.4, 0.5) is 11.4 Å². The van der Waals surface area contributed by atoms with Crippen LogP contribution >= 0.6 is 39.1 Å². The summed E-state index contributed by atoms with van der Waals surface area (Å²) in [6.07, 6.45) is 0. The van der Waals surface area contributed by atoms with E-state index in [2.05, 4.69) is 21.2 Å². The number of anilines is 1. The fourth-order valence-corrected chi connectivity index (χ4v) is 2.39. The van der Waals surface area contributed by atoms with Gasteiger partial charge in [0.15, 0.2) is 0 Å². The van der Waals surface area contributed by atoms with Gasteiger partial charge in [0.1, 0.15) is 5.69 Å². The summed E-state index contributed by atoms with van der Waals surface area (Å²) in [5.74, 6) is -0.519. The summed E-state index contributed by atoms with van der Waals surface area (Å²) >= 11 is 14.8. The molecular formula is C13H7BrCl2N2O3. The van der Waals surface area contributed by atoms with Crippen molar-refractivity contribution in [1.29, 1.82) is 0 Å². The fourth-order valence-electron chi connectivity index (χ4n) is 1.62. The molecule has 0 saturated heterocycles. The van der Waals surface area contributed by atoms with Crippen molar-refractivity contribution in [2.24, 2.45) is 0 Å². The molecule has 2 aromatic carbocycles. The van der Waals surface area contributed by atoms with Crippen molar-refractivity contribution in [1.82, 2.24) is 0 Å². The second-order valence-corrected chi connectivity index (χ2v) is 5.72. The monoisotopic (exact) mass is 388 g/mol. The molecule has 0 heterocycles. The molecule has 0 saturated carbocycles. The van der Waals surface area contributed by atoms with Gasteiger partial charge in [-0.25, -0.2) is 0 Å². The van der Waals surface area contributed by atoms with E-state index in [1.807, 2.05) is 0 Å². The van der Waals surface area contributed by atoms with Gasteiger partial charge in [-0.05, 0) is 46.3 Å². The zero-order chi connectivity index (χ0) is 15.6. The molecule has 1 N–H and O–H groups in total. The number of amides is 1. The lowest BCUT2D eigenvalue weighted by molar-refractivity contribution is -0.383. The summed E-state index contributed by atoms with van der Waals surface area (Å²) in [5.41, 5.74) is 0.0435. The normalized spacial score (nSPS) is 10.2. The third-order valence-electron chi connectivity index (χ3n) is 2.58. The summed E-state index contributed by atoms with van der Waals surface area (Å²) in [6.45, 7) is 0. The molecule has 0 bridgehead atoms. The van der Waals surface area contributed by atoms with Crippen LogP contribution in [0, 0.1) is 10.1 Å². The second kappa shape index (κ2) is 6.43. The number of nitrogens with zero attached hydrogens (tertiary/aromatic N) is 1. The molecule has 0 radical (unpaired) electrons. The molecule has 21 heavy (non-hydrogen) atoms. The Hall–Kier alpha value is -1.63. The molecule has 2 aromatic rings. The van der Waals surface area contributed by atoms with E-state index in [-0.39, 0.29) is 22.0 Å². The largest absolute Gasteiger partial charge is 0.316 e. The van der Waals surface area contributed by atoms with Gasteiger partial charge in [0.25, 0.3) is 11.6 Å². The Morgan fingerprint density at radius 1 is 1.14 bits per heavy atom. The second-order valence-electron chi connectivity index (χ2n) is 4.00. The number of nitrogens with one attached hydrogen (secondary N) is 1. The maximum Gasteiger partial charge on any atom is 0.294 e. The van der Waals surface area contributed by atoms with Crippen molar-refractivity contribution in [3.8, 4) is 0 Å². The molecule has 0 fully saturated rings. The Bertz CT molecular complexity index is 737. The van der Waals surface area contributed by atoms with Crippen LogP contribution in [0.15, 0.2) is 40.9 Å². The van der Waals surface area contributed by atoms with Crippen LogP contribution in [0.5, 0.6) is 0 Å². The average molecular weight is 390 g/mol. The van der Waals surface area contributed by atoms with Crippen molar-refractivity contribution in [2.75, 3.05) is 5.32 Å². The van der Waals surface area contributed by atoms with E-state index in [0.717, 1.165) is 0 Å². The quantitative estimate of drug-likeness (QED) is 0.598. The number of hydrogen-bond donors (Lipinski definition) is 1. The highest BCUT2D eigenvalue weighted by Crippen LogP contribution is 2.29. The van der Waals surface area contributed by atoms with Crippen molar-refractivity contribution in [2.45, 2.75) is 0 Å². The highest BCUT2D eigenvalue weighted by molar-refractivity contribution is 9.10. The van der Waals surface area contributed by atoms with Crippen LogP contribution in [-0.2, 0) is 0 Å². The predicted molar refractivity (Wildman–Crippen MR) is 85.2 cm³/mol. The SMILES string of the molecule is O=C(Nc1ccc(Cl)cc1[N+](=O)[O-])c1cc(Cl)ccc1Br. The van der Waals surface area contributed by atoms with Gasteiger partial charge < -0.3 is 5.32 Å². The van der Waals surface area contributed by atoms with Gasteiger partial charge in [-0.1, -0.05) is 23.2 Å². The van der Waals surface area contributed by atoms with Crippen molar-refractivity contribution < 1.29 is 9.72 Å². The van der Waals surface area contributed by atoms with Crippen molar-refractivity contribution >= 4 is 56.4 Å². The number of halogens is 3. The van der Waals surface area contributed by atoms with E-state index in [1.54, 1.807) is 12.1 Å². The van der Waals surface area contributed by atoms with Gasteiger partial charge in [0, 0.05) is 20.6 Å². The molecule has 0 aliphatic heterocycles. The number of carbonyl (C=O) groups is 1. The molecular weight excluding hydrogens is 383 g/mol. The Morgan fingerprint density at radius 3 is 2.43 bits per heavy atom. The number of rotatable bonds is 3. The van der Waals surface area contributed by atoms with E-state index < -0.39 is 10.8 Å². The highest BCUT2D eigenvalue weighted by Gasteiger charge is 2.18. The van der Waals surface area contributed by atoms with Gasteiger partial charge in [-0.15, -0.1) is 0 Å². The molecule has 0 spiro atoms. The molecule has 0 aromatic heterocycles. The van der Waals surface area contributed by atoms with Gasteiger partial charge >= 0.3 is 0 Å². The van der Waals surface area contributed by atoms with Gasteiger partial charge in [0.05, 0.1) is 10.5 Å². The van der Waals surface area contributed by atoms with Gasteiger partial charge in [-0.3, -0.25) is 14.9 Å². The van der Waals surface area contributed by atoms with Crippen LogP contribution < -0.4 is 5.32 Å². The number of nitro groups is 1. The zero-order valence-corrected chi connectivity index (χ0v) is 13.4. The lowest BCUT2D eigenvalue weighted by Crippen LogP contribution is -2.13. The Morgan fingerprint density at radius 2 is 1.76 bits per heavy atom. The van der Waals surface area contributed by atoms with Crippen molar-refractivity contribution in [3.63, 3.8) is 0 Å². The van der Waals surface area contributed by atoms with Crippen LogP contribution in [0.3, 0.4) is 0 Å². The maximum absolute atomic E-state index is 12.2. The Balaban J connectivity index is 2.36. The van der Waals surface area contributed by atoms with E-state index in [1.165, 1.54) is 24.3 Å². The first-order valence-electron chi connectivity index (χ1n) is 5.59. The maximum atomic E-state index is 12.2. The molecule has 0 atom stereocenters. The molecule has 2 rings (SSSR count). The number of carbonyl (C=O) groups excluding carboxylic acids is 1. The number of benzene rings is 2. The first-order valence-corrected chi connectivity index (χ1v) is 7.13. The van der Waals surface area contributed by atoms with E-state index >= 15 is 0 Å². The Kier molecular flexibility index (Phi) is 4.82. The van der Waals surface area contributed by atoms with Crippen LogP contribution in [-0.4, -0.2) is 10.8 Å². The highest BCUT2D eigenvalue weighted by atomic mass is 79.9. The molecule has 8 heteroatoms. The average Bonchev–Trinajstić information content (AvgIpc) is 2.43. The zero-order valence-electron chi connectivity index (χ0n) is 10.3. The third-order valence-corrected chi connectivity index (χ3v) is 3.74. The van der Waals surface area contributed by atoms with E-state index in [0.29, 0.717) is 9.50 Å². The first-order chi connectivity index (χ1) is 9.88. The number of hydrogen-bond acceptors (Lipinski definition) is 3. The summed E-state index contributed by atoms with van der Waals surface area (Å²) in [7, 11) is 0. The summed E-state index contributed by atoms with van der Waals surface area (Å²) in [4.78, 5) is 22.6. The summed E-state index contributed by atoms with van der Waals surface area (Å²) in [5, 5.41) is 14.0. The lowest BCUT2D eigenvalue weighted by Gasteiger charge is -2.08. The predicted octanol–water partition coefficient (Wildman–Crippen LogP) is 4.92. The molecule has 1 amide bonds. The lowest BCUT2D eigenvalue weighted by atomic mass is 10.2. The third kappa shape index (κ3) is 3.72. The number of nitro benzene ring substituents is 1. The smallest absolute Gasteiger partial charge is 0.294 e.